The van der Waals surface area contributed by atoms with Crippen molar-refractivity contribution < 1.29 is 38.8 Å². The summed E-state index contributed by atoms with van der Waals surface area (Å²) < 4.78 is 13.0. The van der Waals surface area contributed by atoms with Gasteiger partial charge in [0.05, 0.1) is 20.3 Å². The van der Waals surface area contributed by atoms with E-state index in [0.29, 0.717) is 11.8 Å². The summed E-state index contributed by atoms with van der Waals surface area (Å²) in [5.41, 5.74) is 2.13. The molecular weight excluding hydrogens is 428 g/mol. The van der Waals surface area contributed by atoms with Gasteiger partial charge in [-0.15, -0.1) is 0 Å². The first kappa shape index (κ1) is 32.5. The average Bonchev–Trinajstić information content (AvgIpc) is 2.82. The molecule has 0 aromatic carbocycles. The number of esters is 3. The molecule has 3 fully saturated rings. The molecule has 0 aliphatic heterocycles. The van der Waals surface area contributed by atoms with Gasteiger partial charge in [0.2, 0.25) is 0 Å². The molecule has 2 bridgehead atoms. The summed E-state index contributed by atoms with van der Waals surface area (Å²) in [6.45, 7) is 18.7. The van der Waals surface area contributed by atoms with Gasteiger partial charge in [0.15, 0.2) is 0 Å². The largest absolute Gasteiger partial charge is 0.466 e. The van der Waals surface area contributed by atoms with Crippen molar-refractivity contribution in [1.29, 1.82) is 0 Å². The lowest BCUT2D eigenvalue weighted by atomic mass is 9.47. The van der Waals surface area contributed by atoms with E-state index >= 15 is 0 Å². The molecule has 8 nitrogen and oxygen atoms in total. The second-order valence-corrected chi connectivity index (χ2v) is 7.77. The lowest BCUT2D eigenvalue weighted by Crippen LogP contribution is -2.48. The second-order valence-electron chi connectivity index (χ2n) is 7.77. The number of aliphatic hydroxyl groups is 2. The maximum Gasteiger partial charge on any atom is 0.330 e. The summed E-state index contributed by atoms with van der Waals surface area (Å²) >= 11 is 0. The van der Waals surface area contributed by atoms with Crippen molar-refractivity contribution in [1.82, 2.24) is 0 Å². The van der Waals surface area contributed by atoms with E-state index in [0.717, 1.165) is 30.1 Å². The molecule has 3 saturated carbocycles. The molecule has 3 rings (SSSR count). The fourth-order valence-electron chi connectivity index (χ4n) is 3.32. The lowest BCUT2D eigenvalue weighted by Gasteiger charge is -2.57. The molecule has 2 atom stereocenters. The van der Waals surface area contributed by atoms with Crippen LogP contribution in [0.1, 0.15) is 39.5 Å². The molecule has 2 unspecified atom stereocenters. The van der Waals surface area contributed by atoms with Crippen molar-refractivity contribution in [3.8, 4) is 0 Å². The molecule has 0 spiro atoms. The Hall–Kier alpha value is -2.71. The third-order valence-electron chi connectivity index (χ3n) is 5.36. The van der Waals surface area contributed by atoms with Gasteiger partial charge in [0, 0.05) is 31.3 Å². The number of hydrogen-bond donors (Lipinski definition) is 2. The van der Waals surface area contributed by atoms with Crippen LogP contribution in [0.2, 0.25) is 0 Å². The Morgan fingerprint density at radius 2 is 1.48 bits per heavy atom. The van der Waals surface area contributed by atoms with Crippen molar-refractivity contribution in [2.45, 2.75) is 39.5 Å². The molecule has 0 amide bonds. The molecule has 2 N–H and O–H groups in total. The van der Waals surface area contributed by atoms with Crippen LogP contribution in [0.15, 0.2) is 50.1 Å². The number of carbonyl (C=O) groups excluding carboxylic acids is 3. The number of aliphatic hydroxyl groups excluding tert-OH is 2. The van der Waals surface area contributed by atoms with Crippen LogP contribution in [0.3, 0.4) is 0 Å². The summed E-state index contributed by atoms with van der Waals surface area (Å²) in [6, 6.07) is 0. The number of hydrogen-bond acceptors (Lipinski definition) is 8. The highest BCUT2D eigenvalue weighted by Gasteiger charge is 2.51. The van der Waals surface area contributed by atoms with Crippen molar-refractivity contribution in [3.05, 3.63) is 50.1 Å². The van der Waals surface area contributed by atoms with E-state index in [1.165, 1.54) is 31.9 Å². The van der Waals surface area contributed by atoms with Gasteiger partial charge in [-0.3, -0.25) is 0 Å². The van der Waals surface area contributed by atoms with Crippen LogP contribution in [0.25, 0.3) is 0 Å². The predicted octanol–water partition coefficient (Wildman–Crippen LogP) is 3.15. The number of methoxy groups -OCH3 is 1. The highest BCUT2D eigenvalue weighted by molar-refractivity contribution is 5.81. The summed E-state index contributed by atoms with van der Waals surface area (Å²) in [5.74, 6) is 0.548. The van der Waals surface area contributed by atoms with Crippen LogP contribution in [0, 0.1) is 17.3 Å². The molecule has 0 radical (unpaired) electrons. The van der Waals surface area contributed by atoms with E-state index < -0.39 is 17.9 Å². The van der Waals surface area contributed by atoms with Crippen LogP contribution in [-0.4, -0.2) is 61.7 Å². The van der Waals surface area contributed by atoms with Gasteiger partial charge in [-0.1, -0.05) is 45.7 Å². The molecule has 0 aromatic heterocycles. The molecule has 3 aliphatic rings. The first-order chi connectivity index (χ1) is 15.5. The van der Waals surface area contributed by atoms with Crippen LogP contribution < -0.4 is 0 Å². The number of carbonyl (C=O) groups is 3. The maximum atomic E-state index is 10.3. The van der Waals surface area contributed by atoms with Crippen molar-refractivity contribution in [3.63, 3.8) is 0 Å². The lowest BCUT2D eigenvalue weighted by molar-refractivity contribution is -0.139. The topological polar surface area (TPSA) is 119 Å². The van der Waals surface area contributed by atoms with E-state index in [-0.39, 0.29) is 26.4 Å². The summed E-state index contributed by atoms with van der Waals surface area (Å²) in [5, 5.41) is 16.3. The zero-order valence-electron chi connectivity index (χ0n) is 20.2. The predicted molar refractivity (Wildman–Crippen MR) is 127 cm³/mol. The Morgan fingerprint density at radius 1 is 0.970 bits per heavy atom. The summed E-state index contributed by atoms with van der Waals surface area (Å²) in [7, 11) is 1.31. The van der Waals surface area contributed by atoms with Crippen molar-refractivity contribution in [2.75, 3.05) is 33.5 Å². The molecule has 8 heteroatoms. The zero-order chi connectivity index (χ0) is 25.9. The fraction of sp³-hybridized carbons (Fsp3) is 0.560. The third-order valence-corrected chi connectivity index (χ3v) is 5.36. The smallest absolute Gasteiger partial charge is 0.330 e. The highest BCUT2D eigenvalue weighted by Crippen LogP contribution is 2.60. The molecule has 3 aliphatic carbocycles. The summed E-state index contributed by atoms with van der Waals surface area (Å²) in [4.78, 5) is 30.2. The maximum absolute atomic E-state index is 10.3. The van der Waals surface area contributed by atoms with Gasteiger partial charge in [-0.25, -0.2) is 14.4 Å². The molecule has 0 saturated heterocycles. The van der Waals surface area contributed by atoms with Gasteiger partial charge >= 0.3 is 17.9 Å². The van der Waals surface area contributed by atoms with E-state index in [1.807, 2.05) is 0 Å². The van der Waals surface area contributed by atoms with Gasteiger partial charge in [0.1, 0.15) is 6.61 Å². The first-order valence-electron chi connectivity index (χ1n) is 10.7. The van der Waals surface area contributed by atoms with Gasteiger partial charge in [0.25, 0.3) is 0 Å². The normalized spacial score (nSPS) is 18.5. The monoisotopic (exact) mass is 468 g/mol. The number of allylic oxidation sites excluding steroid dienone is 1. The van der Waals surface area contributed by atoms with Crippen molar-refractivity contribution in [2.24, 2.45) is 17.3 Å². The van der Waals surface area contributed by atoms with Crippen molar-refractivity contribution >= 4 is 17.9 Å². The van der Waals surface area contributed by atoms with E-state index in [9.17, 15) is 14.4 Å². The average molecular weight is 469 g/mol. The summed E-state index contributed by atoms with van der Waals surface area (Å²) in [6.07, 6.45) is 7.89. The van der Waals surface area contributed by atoms with E-state index in [1.54, 1.807) is 0 Å². The minimum absolute atomic E-state index is 0.0461. The standard InChI is InChI=1S/C10H16.C6H10O3.C5H8O3.C4H6O2/c1-7-4-5-8-6-9(7)10(8,2)3;1-2-6(8)9-5-3-4-7;1-2-5(7)8-4-3-6;1-3-4(5)6-2/h8-9H,1,4-6H2,2-3H3;2,7H,1,3-5H2;2,6H,1,3-4H2;3H,1H2,2H3. The second kappa shape index (κ2) is 18.8. The van der Waals surface area contributed by atoms with Gasteiger partial charge in [-0.05, 0) is 36.5 Å². The SMILES string of the molecule is C=C1CCC2CC1C2(C)C.C=CC(=O)OC.C=CC(=O)OCCCO.C=CC(=O)OCCO. The Kier molecular flexibility index (Phi) is 18.5. The zero-order valence-corrected chi connectivity index (χ0v) is 20.2. The number of fused-ring (bicyclic) bond motifs is 2. The van der Waals surface area contributed by atoms with Crippen LogP contribution in [0.5, 0.6) is 0 Å². The molecule has 188 valence electrons. The Labute approximate surface area is 197 Å². The van der Waals surface area contributed by atoms with Gasteiger partial charge in [-0.2, -0.15) is 0 Å². The fourth-order valence-corrected chi connectivity index (χ4v) is 3.32. The quantitative estimate of drug-likeness (QED) is 0.183. The Bertz CT molecular complexity index is 649. The molecule has 0 aromatic rings. The molecular formula is C25H40O8. The Balaban J connectivity index is 0. The molecule has 0 heterocycles. The Morgan fingerprint density at radius 3 is 1.76 bits per heavy atom. The van der Waals surface area contributed by atoms with Gasteiger partial charge < -0.3 is 24.4 Å². The highest BCUT2D eigenvalue weighted by atomic mass is 16.5. The number of ether oxygens (including phenoxy) is 3. The molecule has 33 heavy (non-hydrogen) atoms. The minimum atomic E-state index is -0.501. The minimum Gasteiger partial charge on any atom is -0.466 e. The van der Waals surface area contributed by atoms with Crippen LogP contribution in [-0.2, 0) is 28.6 Å². The first-order valence-corrected chi connectivity index (χ1v) is 10.7. The van der Waals surface area contributed by atoms with E-state index in [4.69, 9.17) is 10.2 Å². The van der Waals surface area contributed by atoms with Crippen LogP contribution in [0.4, 0.5) is 0 Å². The van der Waals surface area contributed by atoms with Crippen LogP contribution >= 0.6 is 0 Å². The van der Waals surface area contributed by atoms with E-state index in [2.05, 4.69) is 54.4 Å². The number of rotatable bonds is 8. The third kappa shape index (κ3) is 14.1.